The molecule has 0 aliphatic rings. The van der Waals surface area contributed by atoms with Crippen molar-refractivity contribution in [3.8, 4) is 0 Å². The molecule has 0 aliphatic heterocycles. The van der Waals surface area contributed by atoms with E-state index in [2.05, 4.69) is 35.1 Å². The zero-order chi connectivity index (χ0) is 9.42. The van der Waals surface area contributed by atoms with E-state index in [9.17, 15) is 0 Å². The van der Waals surface area contributed by atoms with Crippen LogP contribution in [0, 0.1) is 6.92 Å². The molecule has 68 valence electrons. The van der Waals surface area contributed by atoms with E-state index in [-0.39, 0.29) is 0 Å². The third-order valence-corrected chi connectivity index (χ3v) is 2.22. The maximum absolute atomic E-state index is 4.50. The van der Waals surface area contributed by atoms with Gasteiger partial charge in [0.2, 0.25) is 0 Å². The molecule has 0 saturated heterocycles. The highest BCUT2D eigenvalue weighted by atomic mass is 15.1. The van der Waals surface area contributed by atoms with Gasteiger partial charge in [0.05, 0.1) is 17.4 Å². The van der Waals surface area contributed by atoms with E-state index in [0.717, 1.165) is 22.3 Å². The van der Waals surface area contributed by atoms with Crippen LogP contribution in [0.3, 0.4) is 0 Å². The number of aryl methyl sites for hydroxylation is 1. The number of aromatic amines is 1. The number of fused-ring (bicyclic) bond motifs is 1. The maximum atomic E-state index is 4.50. The molecule has 3 nitrogen and oxygen atoms in total. The van der Waals surface area contributed by atoms with Crippen LogP contribution in [-0.4, -0.2) is 15.2 Å². The monoisotopic (exact) mass is 175 g/mol. The predicted molar refractivity (Wildman–Crippen MR) is 52.7 cm³/mol. The van der Waals surface area contributed by atoms with E-state index in [1.807, 2.05) is 13.1 Å². The van der Waals surface area contributed by atoms with E-state index in [1.165, 1.54) is 0 Å². The van der Waals surface area contributed by atoms with Crippen LogP contribution in [0.15, 0.2) is 12.3 Å². The van der Waals surface area contributed by atoms with Crippen molar-refractivity contribution in [2.45, 2.75) is 26.7 Å². The minimum atomic E-state index is 0.470. The summed E-state index contributed by atoms with van der Waals surface area (Å²) in [6.45, 7) is 6.30. The van der Waals surface area contributed by atoms with Gasteiger partial charge in [0, 0.05) is 11.1 Å². The number of hydrogen-bond acceptors (Lipinski definition) is 2. The van der Waals surface area contributed by atoms with Crippen LogP contribution in [0.1, 0.15) is 31.2 Å². The van der Waals surface area contributed by atoms with Crippen molar-refractivity contribution < 1.29 is 0 Å². The number of rotatable bonds is 1. The first-order valence-electron chi connectivity index (χ1n) is 4.49. The number of nitrogens with one attached hydrogen (secondary N) is 1. The van der Waals surface area contributed by atoms with Gasteiger partial charge in [-0.25, -0.2) is 0 Å². The van der Waals surface area contributed by atoms with Crippen LogP contribution in [0.25, 0.3) is 10.9 Å². The molecule has 2 aromatic rings. The summed E-state index contributed by atoms with van der Waals surface area (Å²) in [6.07, 6.45) is 1.84. The van der Waals surface area contributed by atoms with Crippen molar-refractivity contribution in [2.75, 3.05) is 0 Å². The lowest BCUT2D eigenvalue weighted by Gasteiger charge is -2.05. The van der Waals surface area contributed by atoms with Crippen molar-refractivity contribution in [3.05, 3.63) is 23.7 Å². The van der Waals surface area contributed by atoms with E-state index in [0.29, 0.717) is 5.92 Å². The molecule has 0 saturated carbocycles. The fourth-order valence-corrected chi connectivity index (χ4v) is 1.43. The first-order chi connectivity index (χ1) is 6.18. The molecule has 0 atom stereocenters. The summed E-state index contributed by atoms with van der Waals surface area (Å²) < 4.78 is 0. The average Bonchev–Trinajstić information content (AvgIpc) is 2.51. The lowest BCUT2D eigenvalue weighted by atomic mass is 10.1. The molecule has 2 heterocycles. The average molecular weight is 175 g/mol. The Labute approximate surface area is 77.2 Å². The van der Waals surface area contributed by atoms with Crippen LogP contribution in [0.4, 0.5) is 0 Å². The van der Waals surface area contributed by atoms with Crippen LogP contribution < -0.4 is 0 Å². The molecule has 2 aromatic heterocycles. The summed E-state index contributed by atoms with van der Waals surface area (Å²) in [5.74, 6) is 0.470. The molecule has 0 unspecified atom stereocenters. The normalized spacial score (nSPS) is 11.4. The Hall–Kier alpha value is -1.38. The van der Waals surface area contributed by atoms with Gasteiger partial charge in [0.1, 0.15) is 0 Å². The quantitative estimate of drug-likeness (QED) is 0.723. The third-order valence-electron chi connectivity index (χ3n) is 2.22. The van der Waals surface area contributed by atoms with Crippen LogP contribution in [-0.2, 0) is 0 Å². The molecule has 3 heteroatoms. The highest BCUT2D eigenvalue weighted by molar-refractivity contribution is 5.80. The molecule has 0 radical (unpaired) electrons. The molecule has 0 fully saturated rings. The highest BCUT2D eigenvalue weighted by Gasteiger charge is 2.06. The number of hydrogen-bond donors (Lipinski definition) is 1. The van der Waals surface area contributed by atoms with Gasteiger partial charge in [-0.1, -0.05) is 13.8 Å². The number of aromatic nitrogens is 3. The van der Waals surface area contributed by atoms with Gasteiger partial charge in [-0.05, 0) is 18.9 Å². The van der Waals surface area contributed by atoms with E-state index in [4.69, 9.17) is 0 Å². The molecular weight excluding hydrogens is 162 g/mol. The molecule has 13 heavy (non-hydrogen) atoms. The van der Waals surface area contributed by atoms with Gasteiger partial charge in [0.25, 0.3) is 0 Å². The molecular formula is C10H13N3. The summed E-state index contributed by atoms with van der Waals surface area (Å²) in [5, 5.41) is 8.09. The highest BCUT2D eigenvalue weighted by Crippen LogP contribution is 2.19. The number of H-pyrrole nitrogens is 1. The third kappa shape index (κ3) is 1.30. The van der Waals surface area contributed by atoms with Crippen LogP contribution in [0.2, 0.25) is 0 Å². The summed E-state index contributed by atoms with van der Waals surface area (Å²) in [7, 11) is 0. The maximum Gasteiger partial charge on any atom is 0.0862 e. The zero-order valence-corrected chi connectivity index (χ0v) is 8.13. The number of nitrogens with zero attached hydrogens (tertiary/aromatic N) is 2. The molecule has 2 rings (SSSR count). The molecule has 0 amide bonds. The molecule has 0 bridgehead atoms. The molecule has 1 N–H and O–H groups in total. The van der Waals surface area contributed by atoms with Crippen molar-refractivity contribution >= 4 is 10.9 Å². The first kappa shape index (κ1) is 8.23. The lowest BCUT2D eigenvalue weighted by Crippen LogP contribution is -1.94. The second kappa shape index (κ2) is 2.83. The summed E-state index contributed by atoms with van der Waals surface area (Å²) >= 11 is 0. The van der Waals surface area contributed by atoms with Gasteiger partial charge >= 0.3 is 0 Å². The van der Waals surface area contributed by atoms with Crippen LogP contribution in [0.5, 0.6) is 0 Å². The second-order valence-electron chi connectivity index (χ2n) is 3.62. The predicted octanol–water partition coefficient (Wildman–Crippen LogP) is 2.39. The fourth-order valence-electron chi connectivity index (χ4n) is 1.43. The van der Waals surface area contributed by atoms with Crippen molar-refractivity contribution in [2.24, 2.45) is 0 Å². The topological polar surface area (TPSA) is 41.6 Å². The van der Waals surface area contributed by atoms with Gasteiger partial charge in [-0.2, -0.15) is 5.10 Å². The standard InChI is InChI=1S/C10H13N3/c1-6(2)9-4-8-5-11-13-10(8)7(3)12-9/h4-6H,1-3H3,(H,11,13). The molecule has 0 spiro atoms. The minimum Gasteiger partial charge on any atom is -0.276 e. The van der Waals surface area contributed by atoms with E-state index < -0.39 is 0 Å². The molecule has 0 aromatic carbocycles. The Kier molecular flexibility index (Phi) is 1.79. The van der Waals surface area contributed by atoms with Crippen molar-refractivity contribution in [1.29, 1.82) is 0 Å². The fraction of sp³-hybridized carbons (Fsp3) is 0.400. The Bertz CT molecular complexity index is 429. The van der Waals surface area contributed by atoms with Gasteiger partial charge in [0.15, 0.2) is 0 Å². The van der Waals surface area contributed by atoms with Gasteiger partial charge in [-0.15, -0.1) is 0 Å². The van der Waals surface area contributed by atoms with Crippen molar-refractivity contribution in [1.82, 2.24) is 15.2 Å². The summed E-state index contributed by atoms with van der Waals surface area (Å²) in [4.78, 5) is 4.50. The Morgan fingerprint density at radius 2 is 2.15 bits per heavy atom. The Morgan fingerprint density at radius 3 is 2.85 bits per heavy atom. The van der Waals surface area contributed by atoms with E-state index in [1.54, 1.807) is 0 Å². The minimum absolute atomic E-state index is 0.470. The number of pyridine rings is 1. The van der Waals surface area contributed by atoms with Crippen LogP contribution >= 0.6 is 0 Å². The SMILES string of the molecule is Cc1nc(C(C)C)cc2cn[nH]c12. The van der Waals surface area contributed by atoms with Crippen molar-refractivity contribution in [3.63, 3.8) is 0 Å². The Balaban J connectivity index is 2.70. The smallest absolute Gasteiger partial charge is 0.0862 e. The summed E-state index contributed by atoms with van der Waals surface area (Å²) in [5.41, 5.74) is 3.20. The molecule has 0 aliphatic carbocycles. The Morgan fingerprint density at radius 1 is 1.38 bits per heavy atom. The largest absolute Gasteiger partial charge is 0.276 e. The second-order valence-corrected chi connectivity index (χ2v) is 3.62. The van der Waals surface area contributed by atoms with Gasteiger partial charge < -0.3 is 0 Å². The summed E-state index contributed by atoms with van der Waals surface area (Å²) in [6, 6.07) is 2.09. The zero-order valence-electron chi connectivity index (χ0n) is 8.13. The van der Waals surface area contributed by atoms with E-state index >= 15 is 0 Å². The van der Waals surface area contributed by atoms with Gasteiger partial charge in [-0.3, -0.25) is 10.1 Å². The lowest BCUT2D eigenvalue weighted by molar-refractivity contribution is 0.819. The first-order valence-corrected chi connectivity index (χ1v) is 4.49.